The van der Waals surface area contributed by atoms with Gasteiger partial charge in [-0.15, -0.1) is 0 Å². The molecule has 0 saturated heterocycles. The minimum absolute atomic E-state index is 0.174. The number of carbonyl (C=O) groups excluding carboxylic acids is 1. The van der Waals surface area contributed by atoms with E-state index >= 15 is 0 Å². The van der Waals surface area contributed by atoms with Crippen LogP contribution in [-0.2, 0) is 16.0 Å². The Balaban J connectivity index is 1.27. The highest BCUT2D eigenvalue weighted by molar-refractivity contribution is 5.77. The maximum Gasteiger partial charge on any atom is 0.305 e. The van der Waals surface area contributed by atoms with Crippen LogP contribution in [0.5, 0.6) is 11.5 Å². The van der Waals surface area contributed by atoms with Crippen LogP contribution in [0.25, 0.3) is 6.58 Å². The van der Waals surface area contributed by atoms with Crippen LogP contribution in [0, 0.1) is 13.8 Å². The summed E-state index contributed by atoms with van der Waals surface area (Å²) in [7, 11) is 0. The summed E-state index contributed by atoms with van der Waals surface area (Å²) in [5.74, 6) is -0.0862. The Kier molecular flexibility index (Phi) is 7.91. The fourth-order valence-electron chi connectivity index (χ4n) is 4.31. The van der Waals surface area contributed by atoms with E-state index in [1.165, 1.54) is 12.1 Å². The molecule has 0 saturated carbocycles. The Morgan fingerprint density at radius 3 is 2.59 bits per heavy atom. The molecule has 9 heteroatoms. The van der Waals surface area contributed by atoms with Crippen LogP contribution in [0.15, 0.2) is 40.1 Å². The Bertz CT molecular complexity index is 1480. The molecular weight excluding hydrogens is 472 g/mol. The molecule has 194 valence electrons. The van der Waals surface area contributed by atoms with E-state index in [1.807, 2.05) is 17.9 Å². The van der Waals surface area contributed by atoms with Gasteiger partial charge >= 0.3 is 5.97 Å². The number of H-pyrrole nitrogens is 1. The molecule has 37 heavy (non-hydrogen) atoms. The summed E-state index contributed by atoms with van der Waals surface area (Å²) < 4.78 is 5.29. The van der Waals surface area contributed by atoms with Gasteiger partial charge in [0.25, 0.3) is 5.56 Å². The summed E-state index contributed by atoms with van der Waals surface area (Å²) in [6.07, 6.45) is 4.16. The van der Waals surface area contributed by atoms with Gasteiger partial charge in [0.2, 0.25) is 0 Å². The average Bonchev–Trinajstić information content (AvgIpc) is 2.84. The lowest BCUT2D eigenvalue weighted by molar-refractivity contribution is -0.143. The minimum atomic E-state index is -0.301. The first-order valence-corrected chi connectivity index (χ1v) is 12.5. The predicted octanol–water partition coefficient (Wildman–Crippen LogP) is 3.35. The van der Waals surface area contributed by atoms with E-state index in [4.69, 9.17) is 4.74 Å². The summed E-state index contributed by atoms with van der Waals surface area (Å²) in [5.41, 5.74) is 4.72. The zero-order valence-electron chi connectivity index (χ0n) is 21.2. The monoisotopic (exact) mass is 504 g/mol. The summed E-state index contributed by atoms with van der Waals surface area (Å²) in [5, 5.41) is 19.2. The number of unbranched alkanes of at least 4 members (excludes halogenated alkanes) is 3. The highest BCUT2D eigenvalue weighted by Gasteiger charge is 2.23. The third-order valence-electron chi connectivity index (χ3n) is 6.50. The van der Waals surface area contributed by atoms with Crippen molar-refractivity contribution in [2.24, 2.45) is 4.99 Å². The number of phenolic OH excluding ortho intramolecular Hbond substituents is 2. The second-order valence-electron chi connectivity index (χ2n) is 9.33. The van der Waals surface area contributed by atoms with Crippen molar-refractivity contribution in [3.8, 4) is 11.5 Å². The lowest BCUT2D eigenvalue weighted by Gasteiger charge is -2.28. The molecule has 0 amide bonds. The highest BCUT2D eigenvalue weighted by Crippen LogP contribution is 2.36. The number of benzene rings is 2. The van der Waals surface area contributed by atoms with Gasteiger partial charge in [0.1, 0.15) is 5.48 Å². The molecule has 1 aliphatic heterocycles. The zero-order valence-corrected chi connectivity index (χ0v) is 21.2. The summed E-state index contributed by atoms with van der Waals surface area (Å²) in [6, 6.07) is 8.63. The van der Waals surface area contributed by atoms with E-state index in [0.717, 1.165) is 53.7 Å². The molecular formula is C28H32N4O5. The number of aromatic hydroxyl groups is 2. The van der Waals surface area contributed by atoms with E-state index in [-0.39, 0.29) is 29.6 Å². The van der Waals surface area contributed by atoms with Crippen molar-refractivity contribution in [1.29, 1.82) is 0 Å². The highest BCUT2D eigenvalue weighted by atomic mass is 16.5. The van der Waals surface area contributed by atoms with Crippen LogP contribution in [0.2, 0.25) is 0 Å². The number of rotatable bonds is 10. The molecule has 0 fully saturated rings. The second kappa shape index (κ2) is 11.3. The number of anilines is 2. The third kappa shape index (κ3) is 6.17. The zero-order chi connectivity index (χ0) is 26.5. The molecule has 0 radical (unpaired) electrons. The van der Waals surface area contributed by atoms with Gasteiger partial charge in [-0.25, -0.2) is 9.98 Å². The normalized spacial score (nSPS) is 12.0. The molecule has 1 aromatic heterocycles. The SMILES string of the molecule is C=c1nc2c(c(=O)[nH]1)=Nc1cc(C)c(C)cc1N2CCCCCCC(=O)OCCc1ccc(O)c(O)c1. The molecule has 2 aromatic carbocycles. The number of aromatic nitrogens is 2. The molecule has 0 aliphatic carbocycles. The van der Waals surface area contributed by atoms with Gasteiger partial charge in [-0.2, -0.15) is 0 Å². The van der Waals surface area contributed by atoms with Crippen LogP contribution in [0.4, 0.5) is 17.2 Å². The van der Waals surface area contributed by atoms with E-state index < -0.39 is 0 Å². The van der Waals surface area contributed by atoms with Crippen molar-refractivity contribution in [2.45, 2.75) is 52.4 Å². The first kappa shape index (κ1) is 25.9. The van der Waals surface area contributed by atoms with E-state index in [1.54, 1.807) is 6.07 Å². The number of hydrogen-bond donors (Lipinski definition) is 3. The van der Waals surface area contributed by atoms with E-state index in [0.29, 0.717) is 36.0 Å². The fraction of sp³-hybridized carbons (Fsp3) is 0.357. The molecule has 2 heterocycles. The molecule has 3 N–H and O–H groups in total. The first-order valence-electron chi connectivity index (χ1n) is 12.5. The summed E-state index contributed by atoms with van der Waals surface area (Å²) in [6.45, 7) is 8.76. The van der Waals surface area contributed by atoms with Crippen molar-refractivity contribution in [2.75, 3.05) is 18.1 Å². The molecule has 0 spiro atoms. The predicted molar refractivity (Wildman–Crippen MR) is 141 cm³/mol. The molecule has 4 rings (SSSR count). The van der Waals surface area contributed by atoms with Crippen molar-refractivity contribution in [3.05, 3.63) is 68.2 Å². The minimum Gasteiger partial charge on any atom is -0.504 e. The number of nitrogens with zero attached hydrogens (tertiary/aromatic N) is 3. The van der Waals surface area contributed by atoms with Crippen molar-refractivity contribution >= 4 is 29.7 Å². The van der Waals surface area contributed by atoms with Gasteiger partial charge in [-0.05, 0) is 67.6 Å². The number of nitrogens with one attached hydrogen (secondary N) is 1. The standard InChI is InChI=1S/C28H32N4O5/c1-17-14-21-22(15-18(17)2)32(27-26(31-21)28(36)30-19(3)29-27)12-7-5-4-6-8-25(35)37-13-11-20-9-10-23(33)24(34)16-20/h9-10,14-16,33-34H,3-8,11-13H2,1-2H3,(H,30,36). The molecule has 0 bridgehead atoms. The van der Waals surface area contributed by atoms with Crippen molar-refractivity contribution in [1.82, 2.24) is 9.97 Å². The van der Waals surface area contributed by atoms with Crippen LogP contribution >= 0.6 is 0 Å². The lowest BCUT2D eigenvalue weighted by atomic mass is 10.1. The fourth-order valence-corrected chi connectivity index (χ4v) is 4.31. The number of aromatic amines is 1. The second-order valence-corrected chi connectivity index (χ2v) is 9.33. The summed E-state index contributed by atoms with van der Waals surface area (Å²) >= 11 is 0. The van der Waals surface area contributed by atoms with Crippen molar-refractivity contribution in [3.63, 3.8) is 0 Å². The summed E-state index contributed by atoms with van der Waals surface area (Å²) in [4.78, 5) is 38.3. The Morgan fingerprint density at radius 1 is 1.05 bits per heavy atom. The van der Waals surface area contributed by atoms with Gasteiger partial charge in [-0.1, -0.05) is 25.5 Å². The number of ether oxygens (including phenoxy) is 1. The largest absolute Gasteiger partial charge is 0.504 e. The topological polar surface area (TPSA) is 128 Å². The number of carbonyl (C=O) groups is 1. The number of phenols is 2. The lowest BCUT2D eigenvalue weighted by Crippen LogP contribution is -2.42. The number of fused-ring (bicyclic) bond motifs is 2. The van der Waals surface area contributed by atoms with E-state index in [9.17, 15) is 19.8 Å². The van der Waals surface area contributed by atoms with Crippen molar-refractivity contribution < 1.29 is 19.7 Å². The maximum absolute atomic E-state index is 12.5. The Morgan fingerprint density at radius 2 is 1.81 bits per heavy atom. The van der Waals surface area contributed by atoms with Gasteiger partial charge in [-0.3, -0.25) is 9.59 Å². The molecule has 9 nitrogen and oxygen atoms in total. The molecule has 3 aromatic rings. The Labute approximate surface area is 214 Å². The van der Waals surface area contributed by atoms with Gasteiger partial charge < -0.3 is 24.8 Å². The molecule has 1 aliphatic rings. The smallest absolute Gasteiger partial charge is 0.305 e. The van der Waals surface area contributed by atoms with Crippen LogP contribution < -0.4 is 21.3 Å². The number of hydrogen-bond acceptors (Lipinski definition) is 8. The van der Waals surface area contributed by atoms with Gasteiger partial charge in [0.05, 0.1) is 18.0 Å². The maximum atomic E-state index is 12.5. The third-order valence-corrected chi connectivity index (χ3v) is 6.50. The average molecular weight is 505 g/mol. The first-order chi connectivity index (χ1) is 17.7. The van der Waals surface area contributed by atoms with Crippen LogP contribution in [0.3, 0.4) is 0 Å². The van der Waals surface area contributed by atoms with Crippen LogP contribution in [0.1, 0.15) is 48.8 Å². The van der Waals surface area contributed by atoms with Gasteiger partial charge in [0, 0.05) is 19.4 Å². The van der Waals surface area contributed by atoms with Crippen LogP contribution in [-0.4, -0.2) is 39.3 Å². The Hall–Kier alpha value is -4.14. The molecule has 0 unspecified atom stereocenters. The number of esters is 1. The number of aryl methyl sites for hydroxylation is 2. The van der Waals surface area contributed by atoms with Gasteiger partial charge in [0.15, 0.2) is 22.7 Å². The quantitative estimate of drug-likeness (QED) is 0.219. The molecule has 0 atom stereocenters. The van der Waals surface area contributed by atoms with E-state index in [2.05, 4.69) is 34.5 Å².